The van der Waals surface area contributed by atoms with E-state index in [0.717, 1.165) is 6.42 Å². The Balaban J connectivity index is 2.06. The van der Waals surface area contributed by atoms with Gasteiger partial charge in [-0.15, -0.1) is 0 Å². The van der Waals surface area contributed by atoms with Crippen LogP contribution >= 0.6 is 0 Å². The number of Topliss-reactive ketones (excluding diaryl/α,β-unsaturated/α-hetero) is 1. The normalized spacial score (nSPS) is 15.7. The maximum atomic E-state index is 11.6. The van der Waals surface area contributed by atoms with Crippen molar-refractivity contribution in [1.29, 1.82) is 0 Å². The number of rotatable bonds is 8. The van der Waals surface area contributed by atoms with Crippen LogP contribution in [-0.2, 0) is 19.1 Å². The van der Waals surface area contributed by atoms with Crippen LogP contribution in [0.2, 0.25) is 0 Å². The lowest BCUT2D eigenvalue weighted by molar-refractivity contribution is -0.141. The average molecular weight is 283 g/mol. The van der Waals surface area contributed by atoms with Gasteiger partial charge in [0.25, 0.3) is 0 Å². The summed E-state index contributed by atoms with van der Waals surface area (Å²) in [5.41, 5.74) is 0. The van der Waals surface area contributed by atoms with Crippen molar-refractivity contribution < 1.29 is 19.1 Å². The van der Waals surface area contributed by atoms with E-state index in [1.54, 1.807) is 0 Å². The van der Waals surface area contributed by atoms with Gasteiger partial charge in [-0.25, -0.2) is 0 Å². The minimum atomic E-state index is -0.401. The third-order valence-electron chi connectivity index (χ3n) is 3.82. The second-order valence-corrected chi connectivity index (χ2v) is 5.43. The molecule has 1 aliphatic rings. The van der Waals surface area contributed by atoms with E-state index in [1.807, 2.05) is 0 Å². The van der Waals surface area contributed by atoms with Crippen LogP contribution in [0.4, 0.5) is 0 Å². The average Bonchev–Trinajstić information content (AvgIpc) is 2.49. The highest BCUT2D eigenvalue weighted by Crippen LogP contribution is 2.27. The van der Waals surface area contributed by atoms with Crippen LogP contribution in [0.25, 0.3) is 0 Å². The molecule has 1 N–H and O–H groups in total. The zero-order valence-corrected chi connectivity index (χ0v) is 12.3. The summed E-state index contributed by atoms with van der Waals surface area (Å²) in [6.45, 7) is 0.0144. The molecule has 0 aromatic heterocycles. The Kier molecular flexibility index (Phi) is 7.92. The predicted octanol–water partition coefficient (Wildman–Crippen LogP) is 1.99. The molecule has 5 nitrogen and oxygen atoms in total. The summed E-state index contributed by atoms with van der Waals surface area (Å²) >= 11 is 0. The molecule has 20 heavy (non-hydrogen) atoms. The van der Waals surface area contributed by atoms with Gasteiger partial charge in [0.15, 0.2) is 5.78 Å². The van der Waals surface area contributed by atoms with E-state index < -0.39 is 5.97 Å². The van der Waals surface area contributed by atoms with Crippen molar-refractivity contribution in [3.63, 3.8) is 0 Å². The molecule has 114 valence electrons. The Labute approximate surface area is 120 Å². The quantitative estimate of drug-likeness (QED) is 0.691. The first kappa shape index (κ1) is 16.7. The molecule has 0 aromatic rings. The van der Waals surface area contributed by atoms with Gasteiger partial charge in [-0.05, 0) is 12.3 Å². The van der Waals surface area contributed by atoms with Crippen LogP contribution < -0.4 is 5.32 Å². The Morgan fingerprint density at radius 1 is 1.05 bits per heavy atom. The molecule has 0 aromatic carbocycles. The highest BCUT2D eigenvalue weighted by atomic mass is 16.5. The van der Waals surface area contributed by atoms with Crippen LogP contribution in [0.15, 0.2) is 0 Å². The van der Waals surface area contributed by atoms with Crippen molar-refractivity contribution in [2.24, 2.45) is 5.92 Å². The Morgan fingerprint density at radius 2 is 1.75 bits per heavy atom. The fourth-order valence-electron chi connectivity index (χ4n) is 2.53. The fraction of sp³-hybridized carbons (Fsp3) is 0.800. The van der Waals surface area contributed by atoms with E-state index in [2.05, 4.69) is 10.1 Å². The number of methoxy groups -OCH3 is 1. The zero-order valence-electron chi connectivity index (χ0n) is 12.3. The largest absolute Gasteiger partial charge is 0.469 e. The second kappa shape index (κ2) is 9.50. The first-order valence-corrected chi connectivity index (χ1v) is 7.47. The first-order chi connectivity index (χ1) is 9.61. The van der Waals surface area contributed by atoms with Gasteiger partial charge in [0, 0.05) is 12.8 Å². The molecule has 0 spiro atoms. The van der Waals surface area contributed by atoms with Crippen LogP contribution in [-0.4, -0.2) is 31.3 Å². The number of ketones is 1. The van der Waals surface area contributed by atoms with E-state index in [-0.39, 0.29) is 31.1 Å². The van der Waals surface area contributed by atoms with Gasteiger partial charge in [0.1, 0.15) is 0 Å². The molecular weight excluding hydrogens is 258 g/mol. The second-order valence-electron chi connectivity index (χ2n) is 5.43. The number of carbonyl (C=O) groups is 3. The number of hydrogen-bond acceptors (Lipinski definition) is 4. The molecule has 1 saturated carbocycles. The third kappa shape index (κ3) is 7.26. The van der Waals surface area contributed by atoms with Crippen molar-refractivity contribution in [1.82, 2.24) is 5.32 Å². The van der Waals surface area contributed by atoms with Gasteiger partial charge in [0.2, 0.25) is 5.91 Å². The maximum absolute atomic E-state index is 11.6. The number of nitrogens with one attached hydrogen (secondary N) is 1. The Hall–Kier alpha value is -1.39. The number of hydrogen-bond donors (Lipinski definition) is 1. The van der Waals surface area contributed by atoms with Crippen molar-refractivity contribution in [3.05, 3.63) is 0 Å². The minimum absolute atomic E-state index is 0.0144. The molecule has 1 rings (SSSR count). The molecule has 0 saturated heterocycles. The molecule has 1 amide bonds. The molecule has 1 aliphatic carbocycles. The van der Waals surface area contributed by atoms with Gasteiger partial charge in [-0.2, -0.15) is 0 Å². The maximum Gasteiger partial charge on any atom is 0.305 e. The fourth-order valence-corrected chi connectivity index (χ4v) is 2.53. The standard InChI is InChI=1S/C15H25NO4/c1-20-15(19)10-8-13(17)11-16-14(18)9-7-12-5-3-2-4-6-12/h12H,2-11H2,1H3,(H,16,18). The number of esters is 1. The molecule has 0 unspecified atom stereocenters. The van der Waals surface area contributed by atoms with Gasteiger partial charge in [-0.1, -0.05) is 32.1 Å². The monoisotopic (exact) mass is 283 g/mol. The van der Waals surface area contributed by atoms with E-state index in [9.17, 15) is 14.4 Å². The molecule has 0 radical (unpaired) electrons. The molecule has 1 fully saturated rings. The lowest BCUT2D eigenvalue weighted by Crippen LogP contribution is -2.30. The SMILES string of the molecule is COC(=O)CCC(=O)CNC(=O)CCC1CCCCC1. The van der Waals surface area contributed by atoms with E-state index in [1.165, 1.54) is 39.2 Å². The number of carbonyl (C=O) groups excluding carboxylic acids is 3. The van der Waals surface area contributed by atoms with Crippen LogP contribution in [0, 0.1) is 5.92 Å². The predicted molar refractivity (Wildman–Crippen MR) is 75.1 cm³/mol. The first-order valence-electron chi connectivity index (χ1n) is 7.47. The smallest absolute Gasteiger partial charge is 0.305 e. The summed E-state index contributed by atoms with van der Waals surface area (Å²) in [5.74, 6) is 0.0647. The summed E-state index contributed by atoms with van der Waals surface area (Å²) in [5, 5.41) is 2.62. The lowest BCUT2D eigenvalue weighted by atomic mass is 9.86. The summed E-state index contributed by atoms with van der Waals surface area (Å²) in [4.78, 5) is 34.0. The van der Waals surface area contributed by atoms with E-state index >= 15 is 0 Å². The van der Waals surface area contributed by atoms with E-state index in [4.69, 9.17) is 0 Å². The summed E-state index contributed by atoms with van der Waals surface area (Å²) in [6.07, 6.45) is 7.94. The number of ether oxygens (including phenoxy) is 1. The molecule has 0 bridgehead atoms. The van der Waals surface area contributed by atoms with Crippen LogP contribution in [0.1, 0.15) is 57.8 Å². The summed E-state index contributed by atoms with van der Waals surface area (Å²) in [7, 11) is 1.29. The van der Waals surface area contributed by atoms with Crippen LogP contribution in [0.5, 0.6) is 0 Å². The van der Waals surface area contributed by atoms with Gasteiger partial charge < -0.3 is 10.1 Å². The van der Waals surface area contributed by atoms with Crippen LogP contribution in [0.3, 0.4) is 0 Å². The lowest BCUT2D eigenvalue weighted by Gasteiger charge is -2.20. The van der Waals surface area contributed by atoms with Gasteiger partial charge >= 0.3 is 5.97 Å². The molecule has 0 heterocycles. The highest BCUT2D eigenvalue weighted by molar-refractivity contribution is 5.88. The molecule has 0 atom stereocenters. The van der Waals surface area contributed by atoms with Crippen molar-refractivity contribution in [2.75, 3.05) is 13.7 Å². The summed E-state index contributed by atoms with van der Waals surface area (Å²) < 4.78 is 4.45. The Bertz CT molecular complexity index is 335. The van der Waals surface area contributed by atoms with Gasteiger partial charge in [-0.3, -0.25) is 14.4 Å². The summed E-state index contributed by atoms with van der Waals surface area (Å²) in [6, 6.07) is 0. The van der Waals surface area contributed by atoms with Gasteiger partial charge in [0.05, 0.1) is 20.1 Å². The Morgan fingerprint density at radius 3 is 2.40 bits per heavy atom. The minimum Gasteiger partial charge on any atom is -0.469 e. The third-order valence-corrected chi connectivity index (χ3v) is 3.82. The van der Waals surface area contributed by atoms with Crippen molar-refractivity contribution in [2.45, 2.75) is 57.8 Å². The van der Waals surface area contributed by atoms with E-state index in [0.29, 0.717) is 12.3 Å². The van der Waals surface area contributed by atoms with Crippen molar-refractivity contribution in [3.8, 4) is 0 Å². The zero-order chi connectivity index (χ0) is 14.8. The molecule has 5 heteroatoms. The highest BCUT2D eigenvalue weighted by Gasteiger charge is 2.15. The molecule has 0 aliphatic heterocycles. The molecular formula is C15H25NO4. The number of amides is 1. The topological polar surface area (TPSA) is 72.5 Å². The van der Waals surface area contributed by atoms with Crippen molar-refractivity contribution >= 4 is 17.7 Å².